The van der Waals surface area contributed by atoms with Gasteiger partial charge in [-0.2, -0.15) is 0 Å². The highest BCUT2D eigenvalue weighted by molar-refractivity contribution is 6.04. The highest BCUT2D eigenvalue weighted by Gasteiger charge is 2.14. The van der Waals surface area contributed by atoms with Crippen molar-refractivity contribution in [3.8, 4) is 17.6 Å². The van der Waals surface area contributed by atoms with E-state index in [4.69, 9.17) is 10.5 Å². The summed E-state index contributed by atoms with van der Waals surface area (Å²) in [7, 11) is 0. The van der Waals surface area contributed by atoms with E-state index in [1.807, 2.05) is 12.1 Å². The molecule has 2 aromatic carbocycles. The second-order valence-corrected chi connectivity index (χ2v) is 7.31. The molecule has 0 aliphatic carbocycles. The maximum atomic E-state index is 12.2. The molecule has 0 radical (unpaired) electrons. The van der Waals surface area contributed by atoms with Crippen molar-refractivity contribution in [1.29, 1.82) is 0 Å². The summed E-state index contributed by atoms with van der Waals surface area (Å²) in [5, 5.41) is 13.0. The van der Waals surface area contributed by atoms with Crippen LogP contribution in [0.2, 0.25) is 0 Å². The zero-order valence-electron chi connectivity index (χ0n) is 17.4. The van der Waals surface area contributed by atoms with Gasteiger partial charge in [-0.1, -0.05) is 24.0 Å². The Morgan fingerprint density at radius 3 is 2.62 bits per heavy atom. The number of morpholine rings is 1. The third kappa shape index (κ3) is 5.21. The molecule has 1 fully saturated rings. The molecule has 32 heavy (non-hydrogen) atoms. The summed E-state index contributed by atoms with van der Waals surface area (Å²) in [5.74, 6) is 5.34. The van der Waals surface area contributed by atoms with Crippen LogP contribution in [0.25, 0.3) is 0 Å². The van der Waals surface area contributed by atoms with E-state index >= 15 is 0 Å². The minimum absolute atomic E-state index is 0.0990. The van der Waals surface area contributed by atoms with Crippen molar-refractivity contribution in [2.45, 2.75) is 6.54 Å². The maximum Gasteiger partial charge on any atom is 0.274 e. The smallest absolute Gasteiger partial charge is 0.274 e. The molecule has 8 heteroatoms. The lowest BCUT2D eigenvalue weighted by Gasteiger charge is -2.26. The summed E-state index contributed by atoms with van der Waals surface area (Å²) in [6.45, 7) is 4.33. The van der Waals surface area contributed by atoms with Gasteiger partial charge in [-0.3, -0.25) is 9.69 Å². The fourth-order valence-electron chi connectivity index (χ4n) is 3.28. The fraction of sp³-hybridized carbons (Fsp3) is 0.208. The van der Waals surface area contributed by atoms with Gasteiger partial charge in [-0.15, -0.1) is 0 Å². The highest BCUT2D eigenvalue weighted by Crippen LogP contribution is 2.32. The number of hydrogen-bond acceptors (Lipinski definition) is 7. The van der Waals surface area contributed by atoms with Crippen LogP contribution in [0.4, 0.5) is 11.4 Å². The van der Waals surface area contributed by atoms with E-state index < -0.39 is 5.91 Å². The molecule has 0 atom stereocenters. The number of ether oxygens (including phenoxy) is 1. The SMILES string of the molecule is Nc1c(C#Cc2ccc(CN3CCOCC3)cc2)ccc(NC(=O)c2ccncn2)c1O. The number of carbonyl (C=O) groups is 1. The number of benzene rings is 2. The summed E-state index contributed by atoms with van der Waals surface area (Å²) >= 11 is 0. The van der Waals surface area contributed by atoms with Gasteiger partial charge < -0.3 is 20.9 Å². The quantitative estimate of drug-likeness (QED) is 0.331. The molecule has 8 nitrogen and oxygen atoms in total. The van der Waals surface area contributed by atoms with E-state index in [1.54, 1.807) is 12.1 Å². The van der Waals surface area contributed by atoms with E-state index in [0.717, 1.165) is 38.4 Å². The van der Waals surface area contributed by atoms with Gasteiger partial charge in [0.05, 0.1) is 30.2 Å². The summed E-state index contributed by atoms with van der Waals surface area (Å²) in [5.41, 5.74) is 9.04. The number of aromatic nitrogens is 2. The van der Waals surface area contributed by atoms with E-state index in [2.05, 4.69) is 44.2 Å². The van der Waals surface area contributed by atoms with Gasteiger partial charge in [0.1, 0.15) is 12.0 Å². The fourth-order valence-corrected chi connectivity index (χ4v) is 3.28. The average Bonchev–Trinajstić information content (AvgIpc) is 2.84. The first-order valence-electron chi connectivity index (χ1n) is 10.2. The Balaban J connectivity index is 1.43. The third-order valence-electron chi connectivity index (χ3n) is 5.09. The molecule has 1 aliphatic rings. The Hall–Kier alpha value is -3.93. The molecule has 1 aromatic heterocycles. The standard InChI is InChI=1S/C24H23N5O3/c25-22-19(7-8-20(23(22)30)28-24(31)21-9-10-26-16-27-21)6-5-17-1-3-18(4-2-17)15-29-11-13-32-14-12-29/h1-4,7-10,16,30H,11-15,25H2,(H,28,31). The molecule has 1 saturated heterocycles. The maximum absolute atomic E-state index is 12.2. The average molecular weight is 429 g/mol. The molecule has 4 rings (SSSR count). The number of nitrogens with zero attached hydrogens (tertiary/aromatic N) is 3. The highest BCUT2D eigenvalue weighted by atomic mass is 16.5. The number of rotatable bonds is 4. The van der Waals surface area contributed by atoms with Crippen LogP contribution in [0, 0.1) is 11.8 Å². The number of nitrogens with one attached hydrogen (secondary N) is 1. The van der Waals surface area contributed by atoms with Crippen molar-refractivity contribution in [2.24, 2.45) is 0 Å². The second-order valence-electron chi connectivity index (χ2n) is 7.31. The van der Waals surface area contributed by atoms with Crippen LogP contribution in [0.1, 0.15) is 27.2 Å². The van der Waals surface area contributed by atoms with E-state index in [1.165, 1.54) is 24.2 Å². The van der Waals surface area contributed by atoms with Crippen LogP contribution < -0.4 is 11.1 Å². The second kappa shape index (κ2) is 9.92. The number of nitrogen functional groups attached to an aromatic ring is 1. The van der Waals surface area contributed by atoms with E-state index in [-0.39, 0.29) is 22.8 Å². The van der Waals surface area contributed by atoms with E-state index in [9.17, 15) is 9.90 Å². The Morgan fingerprint density at radius 2 is 1.91 bits per heavy atom. The summed E-state index contributed by atoms with van der Waals surface area (Å²) < 4.78 is 5.38. The van der Waals surface area contributed by atoms with E-state index in [0.29, 0.717) is 5.56 Å². The number of phenols is 1. The largest absolute Gasteiger partial charge is 0.504 e. The molecule has 1 aliphatic heterocycles. The number of aromatic hydroxyl groups is 1. The van der Waals surface area contributed by atoms with Crippen LogP contribution in [-0.4, -0.2) is 52.2 Å². The number of phenolic OH excluding ortho intramolecular Hbond substituents is 1. The summed E-state index contributed by atoms with van der Waals surface area (Å²) in [6, 6.07) is 12.7. The van der Waals surface area contributed by atoms with Crippen molar-refractivity contribution < 1.29 is 14.6 Å². The number of amides is 1. The molecule has 4 N–H and O–H groups in total. The first-order chi connectivity index (χ1) is 15.6. The minimum Gasteiger partial charge on any atom is -0.504 e. The number of hydrogen-bond donors (Lipinski definition) is 3. The lowest BCUT2D eigenvalue weighted by molar-refractivity contribution is 0.0342. The lowest BCUT2D eigenvalue weighted by Crippen LogP contribution is -2.35. The molecule has 0 unspecified atom stereocenters. The minimum atomic E-state index is -0.474. The predicted molar refractivity (Wildman–Crippen MR) is 121 cm³/mol. The normalized spacial score (nSPS) is 13.8. The molecule has 2 heterocycles. The number of nitrogens with two attached hydrogens (primary N) is 1. The molecule has 0 spiro atoms. The summed E-state index contributed by atoms with van der Waals surface area (Å²) in [4.78, 5) is 22.2. The van der Waals surface area contributed by atoms with Gasteiger partial charge in [0, 0.05) is 31.4 Å². The van der Waals surface area contributed by atoms with Gasteiger partial charge in [0.25, 0.3) is 5.91 Å². The molecule has 162 valence electrons. The van der Waals surface area contributed by atoms with Crippen molar-refractivity contribution in [2.75, 3.05) is 37.4 Å². The van der Waals surface area contributed by atoms with Gasteiger partial charge in [0.15, 0.2) is 5.75 Å². The van der Waals surface area contributed by atoms with Gasteiger partial charge in [-0.05, 0) is 35.9 Å². The summed E-state index contributed by atoms with van der Waals surface area (Å²) in [6.07, 6.45) is 2.74. The first-order valence-corrected chi connectivity index (χ1v) is 10.2. The number of carbonyl (C=O) groups excluding carboxylic acids is 1. The van der Waals surface area contributed by atoms with Crippen LogP contribution in [0.15, 0.2) is 55.0 Å². The van der Waals surface area contributed by atoms with Crippen LogP contribution in [0.5, 0.6) is 5.75 Å². The van der Waals surface area contributed by atoms with Crippen molar-refractivity contribution in [1.82, 2.24) is 14.9 Å². The molecular formula is C24H23N5O3. The zero-order chi connectivity index (χ0) is 22.3. The predicted octanol–water partition coefficient (Wildman–Crippen LogP) is 2.25. The Bertz CT molecular complexity index is 1150. The van der Waals surface area contributed by atoms with Gasteiger partial charge in [-0.25, -0.2) is 9.97 Å². The zero-order valence-corrected chi connectivity index (χ0v) is 17.4. The van der Waals surface area contributed by atoms with Gasteiger partial charge >= 0.3 is 0 Å². The van der Waals surface area contributed by atoms with Crippen molar-refractivity contribution in [3.63, 3.8) is 0 Å². The first kappa shape index (κ1) is 21.3. The Kier molecular flexibility index (Phi) is 6.60. The van der Waals surface area contributed by atoms with Gasteiger partial charge in [0.2, 0.25) is 0 Å². The van der Waals surface area contributed by atoms with Crippen molar-refractivity contribution in [3.05, 3.63) is 77.4 Å². The van der Waals surface area contributed by atoms with Crippen molar-refractivity contribution >= 4 is 17.3 Å². The topological polar surface area (TPSA) is 114 Å². The van der Waals surface area contributed by atoms with Crippen LogP contribution in [-0.2, 0) is 11.3 Å². The third-order valence-corrected chi connectivity index (χ3v) is 5.09. The molecule has 0 bridgehead atoms. The Morgan fingerprint density at radius 1 is 1.12 bits per heavy atom. The van der Waals surface area contributed by atoms with Crippen LogP contribution in [0.3, 0.4) is 0 Å². The van der Waals surface area contributed by atoms with Crippen LogP contribution >= 0.6 is 0 Å². The molecular weight excluding hydrogens is 406 g/mol. The number of anilines is 2. The Labute approximate surface area is 186 Å². The lowest BCUT2D eigenvalue weighted by atomic mass is 10.1. The molecule has 0 saturated carbocycles. The molecule has 1 amide bonds. The molecule has 3 aromatic rings. The monoisotopic (exact) mass is 429 g/mol.